The van der Waals surface area contributed by atoms with Crippen molar-refractivity contribution in [2.24, 2.45) is 0 Å². The number of methoxy groups -OCH3 is 2. The predicted octanol–water partition coefficient (Wildman–Crippen LogP) is 4.21. The second-order valence-corrected chi connectivity index (χ2v) is 11.0. The maximum Gasteiger partial charge on any atom is 0.264 e. The molecule has 8 nitrogen and oxygen atoms in total. The van der Waals surface area contributed by atoms with Gasteiger partial charge in [0.05, 0.1) is 35.5 Å². The van der Waals surface area contributed by atoms with Crippen molar-refractivity contribution in [1.82, 2.24) is 4.90 Å². The number of amides is 1. The molecule has 0 unspecified atom stereocenters. The Balaban J connectivity index is 1.57. The van der Waals surface area contributed by atoms with Gasteiger partial charge in [-0.3, -0.25) is 9.10 Å². The van der Waals surface area contributed by atoms with Gasteiger partial charge in [0.25, 0.3) is 10.0 Å². The fourth-order valence-electron chi connectivity index (χ4n) is 4.27. The number of nitrogens with zero attached hydrogens (tertiary/aromatic N) is 3. The second-order valence-electron chi connectivity index (χ2n) is 8.68. The van der Waals surface area contributed by atoms with Crippen LogP contribution in [0, 0.1) is 6.92 Å². The molecule has 196 valence electrons. The monoisotopic (exact) mass is 543 g/mol. The van der Waals surface area contributed by atoms with Crippen molar-refractivity contribution in [1.29, 1.82) is 0 Å². The number of para-hydroxylation sites is 2. The number of hydrogen-bond acceptors (Lipinski definition) is 6. The van der Waals surface area contributed by atoms with E-state index < -0.39 is 10.0 Å². The first-order valence-electron chi connectivity index (χ1n) is 11.8. The van der Waals surface area contributed by atoms with Crippen molar-refractivity contribution in [3.63, 3.8) is 0 Å². The lowest BCUT2D eigenvalue weighted by Crippen LogP contribution is -2.52. The topological polar surface area (TPSA) is 79.4 Å². The molecule has 1 saturated heterocycles. The van der Waals surface area contributed by atoms with Gasteiger partial charge in [-0.25, -0.2) is 8.42 Å². The van der Waals surface area contributed by atoms with Gasteiger partial charge < -0.3 is 19.3 Å². The molecule has 3 aromatic carbocycles. The highest BCUT2D eigenvalue weighted by Gasteiger charge is 2.31. The molecule has 0 N–H and O–H groups in total. The molecule has 0 aromatic heterocycles. The molecule has 0 atom stereocenters. The number of carbonyl (C=O) groups excluding carboxylic acids is 1. The molecule has 4 rings (SSSR count). The summed E-state index contributed by atoms with van der Waals surface area (Å²) < 4.78 is 39.2. The third-order valence-corrected chi connectivity index (χ3v) is 8.45. The molecular formula is C27H30ClN3O5S. The van der Waals surface area contributed by atoms with E-state index >= 15 is 0 Å². The van der Waals surface area contributed by atoms with Gasteiger partial charge in [-0.05, 0) is 49.4 Å². The highest BCUT2D eigenvalue weighted by molar-refractivity contribution is 7.92. The van der Waals surface area contributed by atoms with E-state index in [0.717, 1.165) is 21.3 Å². The summed E-state index contributed by atoms with van der Waals surface area (Å²) in [5, 5.41) is 0.252. The van der Waals surface area contributed by atoms with E-state index in [4.69, 9.17) is 21.1 Å². The van der Waals surface area contributed by atoms with E-state index in [1.807, 2.05) is 31.2 Å². The Labute approximate surface area is 223 Å². The van der Waals surface area contributed by atoms with Gasteiger partial charge in [-0.2, -0.15) is 0 Å². The van der Waals surface area contributed by atoms with E-state index in [9.17, 15) is 13.2 Å². The first-order valence-corrected chi connectivity index (χ1v) is 13.6. The lowest BCUT2D eigenvalue weighted by Gasteiger charge is -2.37. The third-order valence-electron chi connectivity index (χ3n) is 6.37. The van der Waals surface area contributed by atoms with Crippen LogP contribution in [0.1, 0.15) is 5.56 Å². The number of hydrogen-bond donors (Lipinski definition) is 0. The van der Waals surface area contributed by atoms with E-state index in [-0.39, 0.29) is 28.1 Å². The van der Waals surface area contributed by atoms with Crippen LogP contribution in [0.25, 0.3) is 0 Å². The number of piperazine rings is 1. The minimum absolute atomic E-state index is 0.0961. The van der Waals surface area contributed by atoms with Crippen LogP contribution in [-0.2, 0) is 14.8 Å². The van der Waals surface area contributed by atoms with Crippen molar-refractivity contribution in [2.75, 3.05) is 56.1 Å². The van der Waals surface area contributed by atoms with Crippen LogP contribution in [0.5, 0.6) is 11.5 Å². The van der Waals surface area contributed by atoms with Gasteiger partial charge in [0.2, 0.25) is 5.91 Å². The van der Waals surface area contributed by atoms with Crippen LogP contribution in [0.4, 0.5) is 11.4 Å². The lowest BCUT2D eigenvalue weighted by molar-refractivity contribution is -0.129. The largest absolute Gasteiger partial charge is 0.495 e. The van der Waals surface area contributed by atoms with Crippen LogP contribution in [0.3, 0.4) is 0 Å². The van der Waals surface area contributed by atoms with E-state index in [1.165, 1.54) is 13.2 Å². The van der Waals surface area contributed by atoms with Crippen molar-refractivity contribution in [3.8, 4) is 11.5 Å². The smallest absolute Gasteiger partial charge is 0.264 e. The molecule has 0 bridgehead atoms. The van der Waals surface area contributed by atoms with Crippen LogP contribution >= 0.6 is 11.6 Å². The Morgan fingerprint density at radius 1 is 0.919 bits per heavy atom. The standard InChI is InChI=1S/C27H30ClN3O5S/c1-20-8-11-22(12-9-20)37(33,34)31(21-10-13-25(35-2)23(28)18-21)19-27(32)30-16-14-29(15-17-30)24-6-4-5-7-26(24)36-3/h4-13,18H,14-17,19H2,1-3H3. The van der Waals surface area contributed by atoms with Gasteiger partial charge in [-0.15, -0.1) is 0 Å². The van der Waals surface area contributed by atoms with Gasteiger partial charge in [0, 0.05) is 26.2 Å². The number of rotatable bonds is 8. The molecule has 1 amide bonds. The number of ether oxygens (including phenoxy) is 2. The molecule has 1 aliphatic heterocycles. The maximum absolute atomic E-state index is 13.7. The van der Waals surface area contributed by atoms with E-state index in [0.29, 0.717) is 31.9 Å². The number of sulfonamides is 1. The van der Waals surface area contributed by atoms with Crippen LogP contribution in [-0.4, -0.2) is 66.2 Å². The van der Waals surface area contributed by atoms with E-state index in [2.05, 4.69) is 4.90 Å². The Bertz CT molecular complexity index is 1360. The summed E-state index contributed by atoms with van der Waals surface area (Å²) in [6.07, 6.45) is 0. The summed E-state index contributed by atoms with van der Waals surface area (Å²) in [6.45, 7) is 3.65. The molecule has 0 radical (unpaired) electrons. The molecule has 0 spiro atoms. The van der Waals surface area contributed by atoms with Crippen LogP contribution < -0.4 is 18.7 Å². The number of anilines is 2. The van der Waals surface area contributed by atoms with Crippen molar-refractivity contribution in [3.05, 3.63) is 77.3 Å². The van der Waals surface area contributed by atoms with E-state index in [1.54, 1.807) is 48.4 Å². The first-order chi connectivity index (χ1) is 17.7. The maximum atomic E-state index is 13.7. The summed E-state index contributed by atoms with van der Waals surface area (Å²) in [5.41, 5.74) is 2.18. The summed E-state index contributed by atoms with van der Waals surface area (Å²) in [4.78, 5) is 17.4. The lowest BCUT2D eigenvalue weighted by atomic mass is 10.2. The third kappa shape index (κ3) is 5.78. The van der Waals surface area contributed by atoms with Crippen LogP contribution in [0.15, 0.2) is 71.6 Å². The zero-order valence-corrected chi connectivity index (χ0v) is 22.6. The molecular weight excluding hydrogens is 514 g/mol. The number of aryl methyl sites for hydroxylation is 1. The summed E-state index contributed by atoms with van der Waals surface area (Å²) in [6, 6.07) is 19.0. The molecule has 37 heavy (non-hydrogen) atoms. The average Bonchev–Trinajstić information content (AvgIpc) is 2.91. The molecule has 0 saturated carbocycles. The number of benzene rings is 3. The average molecular weight is 544 g/mol. The zero-order chi connectivity index (χ0) is 26.6. The molecule has 1 fully saturated rings. The molecule has 1 heterocycles. The molecule has 0 aliphatic carbocycles. The second kappa shape index (κ2) is 11.3. The Morgan fingerprint density at radius 2 is 1.57 bits per heavy atom. The highest BCUT2D eigenvalue weighted by Crippen LogP contribution is 2.32. The van der Waals surface area contributed by atoms with Crippen LogP contribution in [0.2, 0.25) is 5.02 Å². The number of halogens is 1. The van der Waals surface area contributed by atoms with Crippen molar-refractivity contribution in [2.45, 2.75) is 11.8 Å². The quantitative estimate of drug-likeness (QED) is 0.423. The van der Waals surface area contributed by atoms with Gasteiger partial charge in [0.15, 0.2) is 0 Å². The minimum Gasteiger partial charge on any atom is -0.495 e. The van der Waals surface area contributed by atoms with Gasteiger partial charge in [0.1, 0.15) is 18.0 Å². The molecule has 3 aromatic rings. The SMILES string of the molecule is COc1ccc(N(CC(=O)N2CCN(c3ccccc3OC)CC2)S(=O)(=O)c2ccc(C)cc2)cc1Cl. The van der Waals surface area contributed by atoms with Gasteiger partial charge in [-0.1, -0.05) is 41.4 Å². The Morgan fingerprint density at radius 3 is 2.19 bits per heavy atom. The molecule has 1 aliphatic rings. The Hall–Kier alpha value is -3.43. The van der Waals surface area contributed by atoms with Gasteiger partial charge >= 0.3 is 0 Å². The highest BCUT2D eigenvalue weighted by atomic mass is 35.5. The Kier molecular flexibility index (Phi) is 8.14. The molecule has 10 heteroatoms. The normalized spacial score (nSPS) is 13.8. The summed E-state index contributed by atoms with van der Waals surface area (Å²) in [7, 11) is -0.930. The van der Waals surface area contributed by atoms with Crippen molar-refractivity contribution >= 4 is 38.9 Å². The summed E-state index contributed by atoms with van der Waals surface area (Å²) >= 11 is 6.32. The minimum atomic E-state index is -4.04. The predicted molar refractivity (Wildman–Crippen MR) is 146 cm³/mol. The zero-order valence-electron chi connectivity index (χ0n) is 21.1. The fraction of sp³-hybridized carbons (Fsp3) is 0.296. The summed E-state index contributed by atoms with van der Waals surface area (Å²) in [5.74, 6) is 0.897. The number of carbonyl (C=O) groups is 1. The van der Waals surface area contributed by atoms with Crippen molar-refractivity contribution < 1.29 is 22.7 Å². The fourth-order valence-corrected chi connectivity index (χ4v) is 5.93. The first kappa shape index (κ1) is 26.6.